The minimum atomic E-state index is -0.358. The molecule has 3 nitrogen and oxygen atoms in total. The van der Waals surface area contributed by atoms with Crippen molar-refractivity contribution in [2.45, 2.75) is 93.4 Å². The second-order valence-corrected chi connectivity index (χ2v) is 10.2. The molecule has 0 amide bonds. The lowest BCUT2D eigenvalue weighted by Gasteiger charge is -2.16. The fourth-order valence-corrected chi connectivity index (χ4v) is 4.36. The number of phenolic OH excluding ortho intramolecular Hbond substituents is 1. The Morgan fingerprint density at radius 2 is 1.28 bits per heavy atom. The molecule has 0 spiro atoms. The predicted octanol–water partition coefficient (Wildman–Crippen LogP) is 9.47. The molecule has 3 heteroatoms. The highest BCUT2D eigenvalue weighted by Crippen LogP contribution is 2.40. The SMILES string of the molecule is CC(=O)Oc1c(C)c(C/C=C(\C)CC/C=C(\C)CC/C=C(\C)CCC=C(C)C)c(O)c2ccccc12. The summed E-state index contributed by atoms with van der Waals surface area (Å²) in [6.07, 6.45) is 16.3. The smallest absolute Gasteiger partial charge is 0.308 e. The minimum Gasteiger partial charge on any atom is -0.507 e. The normalized spacial score (nSPS) is 12.7. The first-order valence-electron chi connectivity index (χ1n) is 13.1. The van der Waals surface area contributed by atoms with Crippen LogP contribution in [-0.4, -0.2) is 11.1 Å². The van der Waals surface area contributed by atoms with Crippen LogP contribution in [-0.2, 0) is 11.2 Å². The number of hydrogen-bond acceptors (Lipinski definition) is 3. The molecular weight excluding hydrogens is 444 g/mol. The third-order valence-electron chi connectivity index (χ3n) is 6.56. The van der Waals surface area contributed by atoms with E-state index in [1.807, 2.05) is 31.2 Å². The fourth-order valence-electron chi connectivity index (χ4n) is 4.36. The maximum atomic E-state index is 11.7. The van der Waals surface area contributed by atoms with E-state index in [4.69, 9.17) is 4.74 Å². The number of ether oxygens (including phenoxy) is 1. The molecule has 0 aromatic heterocycles. The minimum absolute atomic E-state index is 0.267. The van der Waals surface area contributed by atoms with Crippen molar-refractivity contribution in [3.63, 3.8) is 0 Å². The maximum absolute atomic E-state index is 11.7. The first-order valence-corrected chi connectivity index (χ1v) is 13.1. The highest BCUT2D eigenvalue weighted by atomic mass is 16.5. The van der Waals surface area contributed by atoms with Crippen molar-refractivity contribution in [3.8, 4) is 11.5 Å². The number of carbonyl (C=O) groups is 1. The third-order valence-corrected chi connectivity index (χ3v) is 6.56. The highest BCUT2D eigenvalue weighted by molar-refractivity contribution is 5.97. The van der Waals surface area contributed by atoms with E-state index in [1.54, 1.807) is 0 Å². The van der Waals surface area contributed by atoms with E-state index < -0.39 is 0 Å². The van der Waals surface area contributed by atoms with Crippen LogP contribution >= 0.6 is 0 Å². The van der Waals surface area contributed by atoms with Crippen LogP contribution in [0.1, 0.15) is 91.2 Å². The van der Waals surface area contributed by atoms with Gasteiger partial charge in [0.2, 0.25) is 0 Å². The molecule has 0 aliphatic carbocycles. The molecular formula is C33H44O3. The van der Waals surface area contributed by atoms with Gasteiger partial charge in [-0.25, -0.2) is 0 Å². The monoisotopic (exact) mass is 488 g/mol. The second-order valence-electron chi connectivity index (χ2n) is 10.2. The van der Waals surface area contributed by atoms with Gasteiger partial charge >= 0.3 is 5.97 Å². The molecule has 0 aliphatic heterocycles. The molecule has 0 saturated heterocycles. The molecule has 0 bridgehead atoms. The van der Waals surface area contributed by atoms with Crippen LogP contribution < -0.4 is 4.74 Å². The van der Waals surface area contributed by atoms with Crippen molar-refractivity contribution >= 4 is 16.7 Å². The number of benzene rings is 2. The largest absolute Gasteiger partial charge is 0.507 e. The molecule has 0 unspecified atom stereocenters. The van der Waals surface area contributed by atoms with Gasteiger partial charge in [0.15, 0.2) is 0 Å². The molecule has 2 aromatic carbocycles. The number of rotatable bonds is 12. The summed E-state index contributed by atoms with van der Waals surface area (Å²) >= 11 is 0. The van der Waals surface area contributed by atoms with E-state index in [9.17, 15) is 9.90 Å². The molecule has 2 aromatic rings. The van der Waals surface area contributed by atoms with Gasteiger partial charge in [-0.2, -0.15) is 0 Å². The Hall–Kier alpha value is -3.07. The molecule has 2 rings (SSSR count). The van der Waals surface area contributed by atoms with Crippen molar-refractivity contribution in [1.82, 2.24) is 0 Å². The maximum Gasteiger partial charge on any atom is 0.308 e. The molecule has 0 saturated carbocycles. The molecule has 1 N–H and O–H groups in total. The standard InChI is InChI=1S/C33H44O3/c1-23(2)13-10-14-24(3)15-11-16-25(4)17-12-18-26(5)21-22-29-27(6)33(36-28(7)34)31-20-9-8-19-30(31)32(29)35/h8-9,13,15,17,19-21,35H,10-12,14,16,18,22H2,1-7H3/b24-15+,25-17+,26-21+. The summed E-state index contributed by atoms with van der Waals surface area (Å²) in [5.41, 5.74) is 7.21. The summed E-state index contributed by atoms with van der Waals surface area (Å²) in [5.74, 6) is 0.447. The summed E-state index contributed by atoms with van der Waals surface area (Å²) in [6, 6.07) is 7.51. The van der Waals surface area contributed by atoms with E-state index in [2.05, 4.69) is 58.9 Å². The topological polar surface area (TPSA) is 46.5 Å². The molecule has 0 heterocycles. The lowest BCUT2D eigenvalue weighted by molar-refractivity contribution is -0.131. The van der Waals surface area contributed by atoms with Gasteiger partial charge in [-0.15, -0.1) is 0 Å². The summed E-state index contributed by atoms with van der Waals surface area (Å²) < 4.78 is 5.54. The molecule has 0 radical (unpaired) electrons. The van der Waals surface area contributed by atoms with E-state index in [0.717, 1.165) is 55.0 Å². The molecule has 194 valence electrons. The van der Waals surface area contributed by atoms with Crippen molar-refractivity contribution in [3.05, 3.63) is 82.0 Å². The number of allylic oxidation sites excluding steroid dienone is 8. The average Bonchev–Trinajstić information content (AvgIpc) is 2.81. The van der Waals surface area contributed by atoms with Crippen LogP contribution in [0.5, 0.6) is 11.5 Å². The Balaban J connectivity index is 1.98. The van der Waals surface area contributed by atoms with Gasteiger partial charge in [-0.1, -0.05) is 70.9 Å². The lowest BCUT2D eigenvalue weighted by Crippen LogP contribution is -2.05. The van der Waals surface area contributed by atoms with Crippen molar-refractivity contribution in [2.75, 3.05) is 0 Å². The second kappa shape index (κ2) is 14.5. The van der Waals surface area contributed by atoms with Gasteiger partial charge in [0.05, 0.1) is 0 Å². The Labute approximate surface area is 218 Å². The van der Waals surface area contributed by atoms with Gasteiger partial charge in [0.1, 0.15) is 11.5 Å². The van der Waals surface area contributed by atoms with Gasteiger partial charge in [0.25, 0.3) is 0 Å². The van der Waals surface area contributed by atoms with E-state index in [-0.39, 0.29) is 11.7 Å². The quantitative estimate of drug-likeness (QED) is 0.184. The number of fused-ring (bicyclic) bond motifs is 1. The van der Waals surface area contributed by atoms with Crippen molar-refractivity contribution in [1.29, 1.82) is 0 Å². The van der Waals surface area contributed by atoms with E-state index in [1.165, 1.54) is 29.2 Å². The number of esters is 1. The van der Waals surface area contributed by atoms with Crippen molar-refractivity contribution < 1.29 is 14.6 Å². The number of carbonyl (C=O) groups excluding carboxylic acids is 1. The third kappa shape index (κ3) is 9.18. The summed E-state index contributed by atoms with van der Waals surface area (Å²) in [6.45, 7) is 14.2. The van der Waals surface area contributed by atoms with Crippen LogP contribution in [0, 0.1) is 6.92 Å². The lowest BCUT2D eigenvalue weighted by atomic mass is 9.95. The molecule has 36 heavy (non-hydrogen) atoms. The van der Waals surface area contributed by atoms with Gasteiger partial charge in [-0.3, -0.25) is 4.79 Å². The zero-order valence-electron chi connectivity index (χ0n) is 23.3. The fraction of sp³-hybridized carbons (Fsp3) is 0.424. The van der Waals surface area contributed by atoms with Gasteiger partial charge < -0.3 is 9.84 Å². The molecule has 0 fully saturated rings. The Morgan fingerprint density at radius 3 is 1.81 bits per heavy atom. The van der Waals surface area contributed by atoms with Crippen LogP contribution in [0.4, 0.5) is 0 Å². The van der Waals surface area contributed by atoms with Crippen LogP contribution in [0.2, 0.25) is 0 Å². The van der Waals surface area contributed by atoms with Crippen LogP contribution in [0.3, 0.4) is 0 Å². The van der Waals surface area contributed by atoms with Gasteiger partial charge in [-0.05, 0) is 92.1 Å². The first-order chi connectivity index (χ1) is 17.1. The zero-order valence-corrected chi connectivity index (χ0v) is 23.3. The highest BCUT2D eigenvalue weighted by Gasteiger charge is 2.17. The van der Waals surface area contributed by atoms with Crippen LogP contribution in [0.25, 0.3) is 10.8 Å². The summed E-state index contributed by atoms with van der Waals surface area (Å²) in [5, 5.41) is 12.4. The van der Waals surface area contributed by atoms with E-state index >= 15 is 0 Å². The zero-order chi connectivity index (χ0) is 26.7. The van der Waals surface area contributed by atoms with Crippen molar-refractivity contribution in [2.24, 2.45) is 0 Å². The first kappa shape index (κ1) is 29.2. The average molecular weight is 489 g/mol. The Morgan fingerprint density at radius 1 is 0.778 bits per heavy atom. The molecule has 0 atom stereocenters. The molecule has 0 aliphatic rings. The number of phenols is 1. The number of hydrogen-bond donors (Lipinski definition) is 1. The number of aromatic hydroxyl groups is 1. The summed E-state index contributed by atoms with van der Waals surface area (Å²) in [7, 11) is 0. The van der Waals surface area contributed by atoms with E-state index in [0.29, 0.717) is 17.6 Å². The summed E-state index contributed by atoms with van der Waals surface area (Å²) in [4.78, 5) is 11.7. The Kier molecular flexibility index (Phi) is 11.7. The Bertz CT molecular complexity index is 1170. The van der Waals surface area contributed by atoms with Gasteiger partial charge in [0, 0.05) is 23.3 Å². The predicted molar refractivity (Wildman–Crippen MR) is 154 cm³/mol. The van der Waals surface area contributed by atoms with Crippen LogP contribution in [0.15, 0.2) is 70.9 Å².